The summed E-state index contributed by atoms with van der Waals surface area (Å²) in [6, 6.07) is 30.7. The molecule has 0 unspecified atom stereocenters. The zero-order chi connectivity index (χ0) is 23.5. The number of fused-ring (bicyclic) bond motifs is 1. The van der Waals surface area contributed by atoms with E-state index >= 15 is 0 Å². The molecule has 0 aliphatic carbocycles. The van der Waals surface area contributed by atoms with E-state index in [0.717, 1.165) is 26.2 Å². The molecule has 0 N–H and O–H groups in total. The summed E-state index contributed by atoms with van der Waals surface area (Å²) < 4.78 is 0. The van der Waals surface area contributed by atoms with Gasteiger partial charge in [-0.05, 0) is 28.8 Å². The fourth-order valence-corrected chi connectivity index (χ4v) is 5.47. The number of hydrogen-bond donors (Lipinski definition) is 0. The van der Waals surface area contributed by atoms with Gasteiger partial charge in [-0.3, -0.25) is 9.91 Å². The first kappa shape index (κ1) is 22.4. The van der Waals surface area contributed by atoms with Gasteiger partial charge < -0.3 is 4.90 Å². The highest BCUT2D eigenvalue weighted by atomic mass is 15.5. The van der Waals surface area contributed by atoms with E-state index in [9.17, 15) is 0 Å². The lowest BCUT2D eigenvalue weighted by atomic mass is 9.84. The van der Waals surface area contributed by atoms with Crippen LogP contribution in [0, 0.1) is 0 Å². The maximum Gasteiger partial charge on any atom is 0.0603 e. The average Bonchev–Trinajstić information content (AvgIpc) is 3.07. The Hall–Kier alpha value is -3.37. The van der Waals surface area contributed by atoms with E-state index in [1.54, 1.807) is 0 Å². The van der Waals surface area contributed by atoms with Crippen LogP contribution in [-0.2, 0) is 5.41 Å². The van der Waals surface area contributed by atoms with Gasteiger partial charge in [0.05, 0.1) is 6.04 Å². The fraction of sp³-hybridized carbons (Fsp3) is 0.300. The Labute approximate surface area is 203 Å². The number of allylic oxidation sites excluding steroid dienone is 2. The number of piperazine rings is 1. The zero-order valence-corrected chi connectivity index (χ0v) is 20.4. The van der Waals surface area contributed by atoms with Crippen molar-refractivity contribution in [1.82, 2.24) is 9.91 Å². The minimum atomic E-state index is -0.0192. The zero-order valence-electron chi connectivity index (χ0n) is 20.4. The summed E-state index contributed by atoms with van der Waals surface area (Å²) in [5.41, 5.74) is 6.62. The second-order valence-electron chi connectivity index (χ2n) is 9.73. The number of rotatable bonds is 5. The maximum atomic E-state index is 4.83. The van der Waals surface area contributed by atoms with Crippen molar-refractivity contribution >= 4 is 11.9 Å². The van der Waals surface area contributed by atoms with E-state index in [4.69, 9.17) is 5.10 Å². The van der Waals surface area contributed by atoms with Gasteiger partial charge in [0.15, 0.2) is 0 Å². The van der Waals surface area contributed by atoms with E-state index in [2.05, 4.69) is 127 Å². The number of nitrogens with zero attached hydrogens (tertiary/aromatic N) is 4. The second kappa shape index (κ2) is 9.47. The highest BCUT2D eigenvalue weighted by molar-refractivity contribution is 5.79. The van der Waals surface area contributed by atoms with Crippen LogP contribution in [0.4, 0.5) is 5.69 Å². The Balaban J connectivity index is 1.27. The van der Waals surface area contributed by atoms with Crippen molar-refractivity contribution in [3.63, 3.8) is 0 Å². The summed E-state index contributed by atoms with van der Waals surface area (Å²) in [6.07, 6.45) is 4.17. The van der Waals surface area contributed by atoms with Crippen molar-refractivity contribution in [2.45, 2.75) is 25.3 Å². The van der Waals surface area contributed by atoms with Crippen molar-refractivity contribution in [1.29, 1.82) is 0 Å². The highest BCUT2D eigenvalue weighted by Crippen LogP contribution is 2.46. The molecule has 2 heterocycles. The number of hydrazone groups is 1. The second-order valence-corrected chi connectivity index (χ2v) is 9.73. The Morgan fingerprint density at radius 3 is 1.91 bits per heavy atom. The molecular formula is C30H34N4. The quantitative estimate of drug-likeness (QED) is 0.466. The molecule has 1 fully saturated rings. The standard InChI is InChI=1S/C30H34N4/c1-30(2)26-16-10-11-17-27(26)32(3)28(30)18-19-31-34-22-20-33(21-23-34)29(24-12-6-4-7-13-24)25-14-8-5-9-15-25/h4-19,29H,20-23H2,1-3H3/b28-18+,31-19-. The van der Waals surface area contributed by atoms with Crippen LogP contribution in [0.25, 0.3) is 0 Å². The molecule has 4 heteroatoms. The Bertz CT molecular complexity index is 1120. The van der Waals surface area contributed by atoms with Crippen LogP contribution in [0.1, 0.15) is 36.6 Å². The van der Waals surface area contributed by atoms with Crippen LogP contribution in [0.2, 0.25) is 0 Å². The molecule has 0 saturated carbocycles. The third-order valence-electron chi connectivity index (χ3n) is 7.29. The van der Waals surface area contributed by atoms with Gasteiger partial charge in [0.2, 0.25) is 0 Å². The predicted octanol–water partition coefficient (Wildman–Crippen LogP) is 5.69. The number of anilines is 1. The molecule has 174 valence electrons. The smallest absolute Gasteiger partial charge is 0.0603 e. The summed E-state index contributed by atoms with van der Waals surface area (Å²) in [5, 5.41) is 7.03. The van der Waals surface area contributed by atoms with Gasteiger partial charge in [-0.1, -0.05) is 92.7 Å². The molecule has 0 radical (unpaired) electrons. The van der Waals surface area contributed by atoms with Crippen molar-refractivity contribution in [2.75, 3.05) is 38.1 Å². The SMILES string of the molecule is CN1/C(=C/C=N\N2CCN(C(c3ccccc3)c3ccccc3)CC2)C(C)(C)c2ccccc21. The van der Waals surface area contributed by atoms with Crippen molar-refractivity contribution in [3.05, 3.63) is 113 Å². The van der Waals surface area contributed by atoms with Gasteiger partial charge in [-0.15, -0.1) is 0 Å². The summed E-state index contributed by atoms with van der Waals surface area (Å²) in [5.74, 6) is 0. The molecule has 2 aliphatic heterocycles. The first-order valence-corrected chi connectivity index (χ1v) is 12.2. The molecule has 1 saturated heterocycles. The van der Waals surface area contributed by atoms with E-state index in [-0.39, 0.29) is 11.5 Å². The lowest BCUT2D eigenvalue weighted by Crippen LogP contribution is -2.45. The van der Waals surface area contributed by atoms with E-state index in [1.807, 2.05) is 6.21 Å². The van der Waals surface area contributed by atoms with Crippen LogP contribution < -0.4 is 4.90 Å². The van der Waals surface area contributed by atoms with Crippen LogP contribution in [0.3, 0.4) is 0 Å². The van der Waals surface area contributed by atoms with Crippen LogP contribution in [0.15, 0.2) is 102 Å². The maximum absolute atomic E-state index is 4.83. The molecule has 2 aliphatic rings. The Morgan fingerprint density at radius 2 is 1.32 bits per heavy atom. The Morgan fingerprint density at radius 1 is 0.765 bits per heavy atom. The average molecular weight is 451 g/mol. The van der Waals surface area contributed by atoms with Crippen molar-refractivity contribution < 1.29 is 0 Å². The van der Waals surface area contributed by atoms with Gasteiger partial charge in [-0.25, -0.2) is 0 Å². The lowest BCUT2D eigenvalue weighted by molar-refractivity contribution is 0.113. The van der Waals surface area contributed by atoms with E-state index in [0.29, 0.717) is 0 Å². The molecule has 0 amide bonds. The molecule has 0 spiro atoms. The van der Waals surface area contributed by atoms with E-state index in [1.165, 1.54) is 28.1 Å². The molecule has 0 bridgehead atoms. The highest BCUT2D eigenvalue weighted by Gasteiger charge is 2.37. The number of benzene rings is 3. The predicted molar refractivity (Wildman–Crippen MR) is 142 cm³/mol. The molecule has 3 aromatic carbocycles. The first-order valence-electron chi connectivity index (χ1n) is 12.2. The molecule has 4 nitrogen and oxygen atoms in total. The minimum absolute atomic E-state index is 0.0192. The third-order valence-corrected chi connectivity index (χ3v) is 7.29. The molecule has 0 atom stereocenters. The van der Waals surface area contributed by atoms with Crippen molar-refractivity contribution in [3.8, 4) is 0 Å². The lowest BCUT2D eigenvalue weighted by Gasteiger charge is -2.38. The van der Waals surface area contributed by atoms with Gasteiger partial charge in [0.25, 0.3) is 0 Å². The summed E-state index contributed by atoms with van der Waals surface area (Å²) in [7, 11) is 2.15. The molecule has 3 aromatic rings. The number of para-hydroxylation sites is 1. The third kappa shape index (κ3) is 4.26. The van der Waals surface area contributed by atoms with Gasteiger partial charge in [0.1, 0.15) is 0 Å². The van der Waals surface area contributed by atoms with Gasteiger partial charge >= 0.3 is 0 Å². The van der Waals surface area contributed by atoms with Crippen LogP contribution in [-0.4, -0.2) is 49.4 Å². The summed E-state index contributed by atoms with van der Waals surface area (Å²) in [4.78, 5) is 4.88. The summed E-state index contributed by atoms with van der Waals surface area (Å²) in [6.45, 7) is 8.41. The van der Waals surface area contributed by atoms with Crippen LogP contribution in [0.5, 0.6) is 0 Å². The number of likely N-dealkylation sites (N-methyl/N-ethyl adjacent to an activating group) is 1. The van der Waals surface area contributed by atoms with Gasteiger partial charge in [-0.2, -0.15) is 5.10 Å². The largest absolute Gasteiger partial charge is 0.347 e. The molecule has 34 heavy (non-hydrogen) atoms. The fourth-order valence-electron chi connectivity index (χ4n) is 5.47. The Kier molecular flexibility index (Phi) is 6.25. The van der Waals surface area contributed by atoms with Gasteiger partial charge in [0, 0.05) is 56.2 Å². The first-order chi connectivity index (χ1) is 16.6. The van der Waals surface area contributed by atoms with Crippen LogP contribution >= 0.6 is 0 Å². The van der Waals surface area contributed by atoms with Crippen molar-refractivity contribution in [2.24, 2.45) is 5.10 Å². The monoisotopic (exact) mass is 450 g/mol. The topological polar surface area (TPSA) is 22.1 Å². The normalized spacial score (nSPS) is 19.4. The summed E-state index contributed by atoms with van der Waals surface area (Å²) >= 11 is 0. The minimum Gasteiger partial charge on any atom is -0.347 e. The molecule has 5 rings (SSSR count). The van der Waals surface area contributed by atoms with E-state index < -0.39 is 0 Å². The molecule has 0 aromatic heterocycles. The molecular weight excluding hydrogens is 416 g/mol. The number of hydrogen-bond acceptors (Lipinski definition) is 4.